The van der Waals surface area contributed by atoms with Crippen molar-refractivity contribution in [1.29, 1.82) is 0 Å². The van der Waals surface area contributed by atoms with Crippen molar-refractivity contribution in [1.82, 2.24) is 9.55 Å². The minimum absolute atomic E-state index is 0.0251. The molecule has 2 fully saturated rings. The third-order valence-corrected chi connectivity index (χ3v) is 6.68. The first-order chi connectivity index (χ1) is 14.7. The molecule has 2 heterocycles. The van der Waals surface area contributed by atoms with Crippen LogP contribution in [0.4, 0.5) is 0 Å². The molecule has 5 rings (SSSR count). The summed E-state index contributed by atoms with van der Waals surface area (Å²) >= 11 is 0. The fraction of sp³-hybridized carbons (Fsp3) is 0.542. The van der Waals surface area contributed by atoms with Crippen LogP contribution < -0.4 is 16.0 Å². The molecule has 0 bridgehead atoms. The maximum Gasteiger partial charge on any atom is 0.300 e. The maximum atomic E-state index is 13.6. The van der Waals surface area contributed by atoms with Gasteiger partial charge in [-0.3, -0.25) is 14.3 Å². The van der Waals surface area contributed by atoms with Crippen LogP contribution in [0.15, 0.2) is 38.6 Å². The van der Waals surface area contributed by atoms with Crippen molar-refractivity contribution in [2.75, 3.05) is 7.11 Å². The van der Waals surface area contributed by atoms with E-state index in [1.807, 2.05) is 22.8 Å². The van der Waals surface area contributed by atoms with Gasteiger partial charge in [-0.15, -0.1) is 0 Å². The summed E-state index contributed by atoms with van der Waals surface area (Å²) in [5.74, 6) is 0.733. The second kappa shape index (κ2) is 8.25. The van der Waals surface area contributed by atoms with Gasteiger partial charge in [-0.05, 0) is 37.8 Å². The molecule has 0 atom stereocenters. The van der Waals surface area contributed by atoms with Crippen LogP contribution >= 0.6 is 0 Å². The molecule has 2 aromatic heterocycles. The highest BCUT2D eigenvalue weighted by atomic mass is 16.5. The number of rotatable bonds is 3. The Labute approximate surface area is 175 Å². The normalized spacial score (nSPS) is 19.6. The van der Waals surface area contributed by atoms with Gasteiger partial charge >= 0.3 is 5.68 Å². The molecule has 30 heavy (non-hydrogen) atoms. The Kier molecular flexibility index (Phi) is 5.32. The lowest BCUT2D eigenvalue weighted by atomic mass is 9.95. The van der Waals surface area contributed by atoms with Gasteiger partial charge in [0.05, 0.1) is 18.7 Å². The lowest BCUT2D eigenvalue weighted by Gasteiger charge is -2.24. The zero-order valence-electron chi connectivity index (χ0n) is 17.6. The summed E-state index contributed by atoms with van der Waals surface area (Å²) in [5.41, 5.74) is 1.80. The highest BCUT2D eigenvalue weighted by Crippen LogP contribution is 2.28. The summed E-state index contributed by atoms with van der Waals surface area (Å²) in [6.45, 7) is 0. The van der Waals surface area contributed by atoms with Crippen molar-refractivity contribution in [3.63, 3.8) is 0 Å². The highest BCUT2D eigenvalue weighted by molar-refractivity contribution is 6.01. The van der Waals surface area contributed by atoms with Gasteiger partial charge in [-0.2, -0.15) is 0 Å². The number of hydrogen-bond acceptors (Lipinski definition) is 5. The summed E-state index contributed by atoms with van der Waals surface area (Å²) in [6.07, 6.45) is 13.0. The molecule has 6 heteroatoms. The molecule has 3 aromatic rings. The second-order valence-electron chi connectivity index (χ2n) is 8.66. The number of hydrogen-bond donors (Lipinski definition) is 0. The van der Waals surface area contributed by atoms with Crippen molar-refractivity contribution < 1.29 is 9.15 Å². The number of methoxy groups -OCH3 is 1. The Bertz CT molecular complexity index is 1180. The van der Waals surface area contributed by atoms with Gasteiger partial charge in [-0.1, -0.05) is 38.5 Å². The molecule has 0 saturated heterocycles. The second-order valence-corrected chi connectivity index (χ2v) is 8.66. The monoisotopic (exact) mass is 407 g/mol. The summed E-state index contributed by atoms with van der Waals surface area (Å²) in [4.78, 5) is 23.2. The Morgan fingerprint density at radius 3 is 2.50 bits per heavy atom. The Morgan fingerprint density at radius 1 is 1.03 bits per heavy atom. The average Bonchev–Trinajstić information content (AvgIpc) is 2.80. The van der Waals surface area contributed by atoms with Gasteiger partial charge in [0.2, 0.25) is 0 Å². The maximum absolute atomic E-state index is 13.6. The van der Waals surface area contributed by atoms with Gasteiger partial charge in [0.15, 0.2) is 5.58 Å². The fourth-order valence-corrected chi connectivity index (χ4v) is 5.01. The quantitative estimate of drug-likeness (QED) is 0.580. The van der Waals surface area contributed by atoms with Crippen LogP contribution in [0, 0.1) is 0 Å². The molecule has 2 aliphatic carbocycles. The van der Waals surface area contributed by atoms with Gasteiger partial charge in [0, 0.05) is 23.7 Å². The van der Waals surface area contributed by atoms with Crippen LogP contribution in [0.5, 0.6) is 5.75 Å². The predicted octanol–water partition coefficient (Wildman–Crippen LogP) is 4.89. The molecule has 0 spiro atoms. The summed E-state index contributed by atoms with van der Waals surface area (Å²) in [6, 6.07) is 6.07. The summed E-state index contributed by atoms with van der Waals surface area (Å²) < 4.78 is 13.6. The lowest BCUT2D eigenvalue weighted by molar-refractivity contribution is 0.295. The van der Waals surface area contributed by atoms with Crippen molar-refractivity contribution in [3.8, 4) is 5.75 Å². The van der Waals surface area contributed by atoms with Crippen molar-refractivity contribution in [3.05, 3.63) is 40.4 Å². The van der Waals surface area contributed by atoms with Gasteiger partial charge in [-0.25, -0.2) is 4.99 Å². The van der Waals surface area contributed by atoms with E-state index in [2.05, 4.69) is 4.98 Å². The number of nitrogens with zero attached hydrogens (tertiary/aromatic N) is 3. The fourth-order valence-electron chi connectivity index (χ4n) is 5.01. The van der Waals surface area contributed by atoms with Crippen LogP contribution in [-0.4, -0.2) is 22.7 Å². The third-order valence-electron chi connectivity index (χ3n) is 6.68. The molecule has 0 radical (unpaired) electrons. The molecule has 158 valence electrons. The van der Waals surface area contributed by atoms with E-state index in [4.69, 9.17) is 14.1 Å². The lowest BCUT2D eigenvalue weighted by Crippen LogP contribution is -2.38. The minimum atomic E-state index is -0.0251. The van der Waals surface area contributed by atoms with Gasteiger partial charge in [0.25, 0.3) is 5.56 Å². The molecular formula is C24H29N3O3. The number of pyridine rings is 1. The molecule has 0 N–H and O–H groups in total. The van der Waals surface area contributed by atoms with E-state index >= 15 is 0 Å². The molecule has 6 nitrogen and oxygen atoms in total. The standard InChI is InChI=1S/C24H29N3O3/c1-29-18-12-13-19-21(14-18)25-15-20-22(19)30-24(26-16-8-4-2-5-9-16)27(23(20)28)17-10-6-3-7-11-17/h12-17H,2-11H2,1H3. The SMILES string of the molecule is COc1ccc2c(c1)ncc1c(=O)n(C3CCCCC3)c(=NC3CCCCC3)oc12. The zero-order valence-corrected chi connectivity index (χ0v) is 17.6. The van der Waals surface area contributed by atoms with E-state index in [0.29, 0.717) is 16.7 Å². The van der Waals surface area contributed by atoms with Crippen LogP contribution in [-0.2, 0) is 0 Å². The predicted molar refractivity (Wildman–Crippen MR) is 117 cm³/mol. The zero-order chi connectivity index (χ0) is 20.5. The first-order valence-corrected chi connectivity index (χ1v) is 11.3. The Hall–Kier alpha value is -2.63. The van der Waals surface area contributed by atoms with Crippen LogP contribution in [0.25, 0.3) is 21.9 Å². The molecule has 0 amide bonds. The molecule has 1 aromatic carbocycles. The summed E-state index contributed by atoms with van der Waals surface area (Å²) in [5, 5.41) is 1.35. The number of fused-ring (bicyclic) bond motifs is 3. The van der Waals surface area contributed by atoms with Gasteiger partial charge < -0.3 is 9.15 Å². The largest absolute Gasteiger partial charge is 0.497 e. The molecule has 0 unspecified atom stereocenters. The van der Waals surface area contributed by atoms with Crippen molar-refractivity contribution in [2.45, 2.75) is 76.3 Å². The third kappa shape index (κ3) is 3.53. The topological polar surface area (TPSA) is 69.6 Å². The molecular weight excluding hydrogens is 378 g/mol. The van der Waals surface area contributed by atoms with E-state index < -0.39 is 0 Å². The Balaban J connectivity index is 1.76. The first kappa shape index (κ1) is 19.3. The van der Waals surface area contributed by atoms with Gasteiger partial charge in [0.1, 0.15) is 11.1 Å². The van der Waals surface area contributed by atoms with Crippen LogP contribution in [0.1, 0.15) is 70.3 Å². The number of benzene rings is 1. The van der Waals surface area contributed by atoms with Crippen LogP contribution in [0.2, 0.25) is 0 Å². The van der Waals surface area contributed by atoms with E-state index in [0.717, 1.165) is 55.2 Å². The minimum Gasteiger partial charge on any atom is -0.497 e. The van der Waals surface area contributed by atoms with E-state index in [1.54, 1.807) is 13.3 Å². The van der Waals surface area contributed by atoms with Crippen molar-refractivity contribution in [2.24, 2.45) is 4.99 Å². The van der Waals surface area contributed by atoms with E-state index in [9.17, 15) is 4.79 Å². The van der Waals surface area contributed by atoms with Crippen molar-refractivity contribution >= 4 is 21.9 Å². The van der Waals surface area contributed by atoms with E-state index in [1.165, 1.54) is 25.7 Å². The Morgan fingerprint density at radius 2 is 1.77 bits per heavy atom. The summed E-state index contributed by atoms with van der Waals surface area (Å²) in [7, 11) is 1.64. The highest BCUT2D eigenvalue weighted by Gasteiger charge is 2.22. The number of aromatic nitrogens is 2. The number of ether oxygens (including phenoxy) is 1. The van der Waals surface area contributed by atoms with E-state index in [-0.39, 0.29) is 17.6 Å². The van der Waals surface area contributed by atoms with Crippen LogP contribution in [0.3, 0.4) is 0 Å². The average molecular weight is 408 g/mol. The molecule has 0 aliphatic heterocycles. The first-order valence-electron chi connectivity index (χ1n) is 11.3. The molecule has 2 aliphatic rings. The molecule has 2 saturated carbocycles. The smallest absolute Gasteiger partial charge is 0.300 e.